The summed E-state index contributed by atoms with van der Waals surface area (Å²) in [6, 6.07) is 3.11. The second kappa shape index (κ2) is 7.83. The van der Waals surface area contributed by atoms with Gasteiger partial charge in [0.2, 0.25) is 0 Å². The molecule has 1 aromatic carbocycles. The number of aryl methyl sites for hydroxylation is 1. The standard InChI is InChI=1S/C17H22BF2N3O3/c1-10(21-18(2)24)16-14(9-15-25-4-5-26-15)17(23(3)22-16)11-6-12(19)8-13(20)7-11/h6-8,10,15,21,24H,4-5,9H2,1-3H3/t10-/m0/s1. The van der Waals surface area contributed by atoms with Gasteiger partial charge < -0.3 is 19.7 Å². The lowest BCUT2D eigenvalue weighted by atomic mass is 9.86. The van der Waals surface area contributed by atoms with Gasteiger partial charge in [-0.1, -0.05) is 0 Å². The Bertz CT molecular complexity index is 759. The van der Waals surface area contributed by atoms with Gasteiger partial charge in [0.05, 0.1) is 24.6 Å². The summed E-state index contributed by atoms with van der Waals surface area (Å²) in [7, 11) is 0.991. The third-order valence-electron chi connectivity index (χ3n) is 4.28. The lowest BCUT2D eigenvalue weighted by Crippen LogP contribution is -2.33. The van der Waals surface area contributed by atoms with Crippen LogP contribution in [0.3, 0.4) is 0 Å². The first-order chi connectivity index (χ1) is 12.3. The largest absolute Gasteiger partial charge is 0.437 e. The van der Waals surface area contributed by atoms with Crippen LogP contribution in [-0.2, 0) is 22.9 Å². The zero-order valence-electron chi connectivity index (χ0n) is 15.0. The number of hydrogen-bond donors (Lipinski definition) is 2. The molecule has 0 radical (unpaired) electrons. The third-order valence-corrected chi connectivity index (χ3v) is 4.28. The molecule has 1 fully saturated rings. The Morgan fingerprint density at radius 3 is 2.50 bits per heavy atom. The van der Waals surface area contributed by atoms with Crippen molar-refractivity contribution < 1.29 is 23.3 Å². The molecule has 0 spiro atoms. The second-order valence-electron chi connectivity index (χ2n) is 6.43. The Morgan fingerprint density at radius 1 is 1.31 bits per heavy atom. The number of nitrogens with zero attached hydrogens (tertiary/aromatic N) is 2. The number of hydrogen-bond acceptors (Lipinski definition) is 5. The van der Waals surface area contributed by atoms with Crippen molar-refractivity contribution in [2.24, 2.45) is 7.05 Å². The third kappa shape index (κ3) is 4.12. The van der Waals surface area contributed by atoms with Gasteiger partial charge in [0.25, 0.3) is 0 Å². The molecular weight excluding hydrogens is 343 g/mol. The lowest BCUT2D eigenvalue weighted by molar-refractivity contribution is -0.0400. The Hall–Kier alpha value is -1.81. The van der Waals surface area contributed by atoms with E-state index in [-0.39, 0.29) is 6.04 Å². The van der Waals surface area contributed by atoms with E-state index < -0.39 is 25.0 Å². The number of rotatable bonds is 6. The molecule has 0 saturated carbocycles. The van der Waals surface area contributed by atoms with Gasteiger partial charge in [-0.05, 0) is 25.9 Å². The van der Waals surface area contributed by atoms with Gasteiger partial charge in [0, 0.05) is 36.7 Å². The average Bonchev–Trinajstić information content (AvgIpc) is 3.14. The number of ether oxygens (including phenoxy) is 2. The molecule has 2 N–H and O–H groups in total. The molecule has 1 aromatic heterocycles. The number of benzene rings is 1. The van der Waals surface area contributed by atoms with Crippen molar-refractivity contribution in [2.75, 3.05) is 13.2 Å². The summed E-state index contributed by atoms with van der Waals surface area (Å²) in [5.74, 6) is -1.31. The fraction of sp³-hybridized carbons (Fsp3) is 0.471. The van der Waals surface area contributed by atoms with Crippen LogP contribution in [0.4, 0.5) is 8.78 Å². The van der Waals surface area contributed by atoms with Gasteiger partial charge in [-0.2, -0.15) is 5.10 Å². The van der Waals surface area contributed by atoms with Crippen molar-refractivity contribution in [1.82, 2.24) is 15.0 Å². The van der Waals surface area contributed by atoms with E-state index in [1.807, 2.05) is 6.92 Å². The molecule has 1 saturated heterocycles. The first kappa shape index (κ1) is 19.0. The molecule has 0 amide bonds. The Labute approximate surface area is 151 Å². The fourth-order valence-electron chi connectivity index (χ4n) is 3.32. The highest BCUT2D eigenvalue weighted by atomic mass is 19.1. The van der Waals surface area contributed by atoms with Crippen molar-refractivity contribution in [3.05, 3.63) is 41.1 Å². The molecule has 1 atom stereocenters. The predicted molar refractivity (Wildman–Crippen MR) is 93.3 cm³/mol. The summed E-state index contributed by atoms with van der Waals surface area (Å²) < 4.78 is 40.2. The molecule has 2 aromatic rings. The first-order valence-electron chi connectivity index (χ1n) is 8.54. The van der Waals surface area contributed by atoms with E-state index in [2.05, 4.69) is 10.3 Å². The molecule has 1 aliphatic rings. The van der Waals surface area contributed by atoms with E-state index >= 15 is 0 Å². The minimum Gasteiger partial charge on any atom is -0.437 e. The van der Waals surface area contributed by atoms with Gasteiger partial charge in [0.15, 0.2) is 6.29 Å². The molecule has 0 bridgehead atoms. The maximum Gasteiger partial charge on any atom is 0.374 e. The van der Waals surface area contributed by atoms with Crippen LogP contribution in [0, 0.1) is 11.6 Å². The maximum atomic E-state index is 13.8. The summed E-state index contributed by atoms with van der Waals surface area (Å²) in [5, 5.41) is 17.1. The van der Waals surface area contributed by atoms with E-state index in [4.69, 9.17) is 9.47 Å². The van der Waals surface area contributed by atoms with Gasteiger partial charge in [-0.15, -0.1) is 0 Å². The molecular formula is C17H22BF2N3O3. The minimum atomic E-state index is -0.728. The van der Waals surface area contributed by atoms with Crippen LogP contribution in [0.5, 0.6) is 0 Å². The highest BCUT2D eigenvalue weighted by Gasteiger charge is 2.27. The smallest absolute Gasteiger partial charge is 0.374 e. The predicted octanol–water partition coefficient (Wildman–Crippen LogP) is 2.04. The van der Waals surface area contributed by atoms with Crippen LogP contribution in [0.15, 0.2) is 18.2 Å². The fourth-order valence-corrected chi connectivity index (χ4v) is 3.32. The first-order valence-corrected chi connectivity index (χ1v) is 8.54. The Kier molecular flexibility index (Phi) is 5.71. The van der Waals surface area contributed by atoms with Crippen molar-refractivity contribution in [3.8, 4) is 11.3 Å². The van der Waals surface area contributed by atoms with E-state index in [0.29, 0.717) is 36.6 Å². The number of aromatic nitrogens is 2. The van der Waals surface area contributed by atoms with Crippen LogP contribution < -0.4 is 5.23 Å². The van der Waals surface area contributed by atoms with Crippen LogP contribution in [-0.4, -0.2) is 41.4 Å². The average molecular weight is 365 g/mol. The summed E-state index contributed by atoms with van der Waals surface area (Å²) in [4.78, 5) is 0. The molecule has 9 heteroatoms. The van der Waals surface area contributed by atoms with Gasteiger partial charge >= 0.3 is 7.05 Å². The van der Waals surface area contributed by atoms with Crippen LogP contribution in [0.2, 0.25) is 6.82 Å². The quantitative estimate of drug-likeness (QED) is 0.767. The molecule has 3 rings (SSSR count). The lowest BCUT2D eigenvalue weighted by Gasteiger charge is -2.16. The highest BCUT2D eigenvalue weighted by Crippen LogP contribution is 2.32. The Morgan fingerprint density at radius 2 is 1.92 bits per heavy atom. The minimum absolute atomic E-state index is 0.273. The van der Waals surface area contributed by atoms with Crippen molar-refractivity contribution in [3.63, 3.8) is 0 Å². The van der Waals surface area contributed by atoms with Crippen LogP contribution >= 0.6 is 0 Å². The molecule has 0 aliphatic carbocycles. The summed E-state index contributed by atoms with van der Waals surface area (Å²) in [6.45, 7) is 4.49. The van der Waals surface area contributed by atoms with E-state index in [1.54, 1.807) is 18.6 Å². The summed E-state index contributed by atoms with van der Waals surface area (Å²) >= 11 is 0. The van der Waals surface area contributed by atoms with Crippen LogP contribution in [0.1, 0.15) is 24.2 Å². The van der Waals surface area contributed by atoms with Crippen LogP contribution in [0.25, 0.3) is 11.3 Å². The maximum absolute atomic E-state index is 13.8. The molecule has 2 heterocycles. The Balaban J connectivity index is 2.07. The van der Waals surface area contributed by atoms with E-state index in [9.17, 15) is 13.8 Å². The SMILES string of the molecule is CB(O)N[C@@H](C)c1nn(C)c(-c2cc(F)cc(F)c2)c1CC1OCCO1. The number of halogens is 2. The van der Waals surface area contributed by atoms with Gasteiger partial charge in [-0.3, -0.25) is 4.68 Å². The monoisotopic (exact) mass is 365 g/mol. The molecule has 26 heavy (non-hydrogen) atoms. The summed E-state index contributed by atoms with van der Waals surface area (Å²) in [6.07, 6.45) is -0.0449. The van der Waals surface area contributed by atoms with E-state index in [0.717, 1.165) is 11.6 Å². The second-order valence-corrected chi connectivity index (χ2v) is 6.43. The molecule has 140 valence electrons. The van der Waals surface area contributed by atoms with Crippen molar-refractivity contribution in [1.29, 1.82) is 0 Å². The van der Waals surface area contributed by atoms with Crippen molar-refractivity contribution in [2.45, 2.75) is 32.5 Å². The molecule has 0 unspecified atom stereocenters. The zero-order valence-corrected chi connectivity index (χ0v) is 15.0. The summed E-state index contributed by atoms with van der Waals surface area (Å²) in [5.41, 5.74) is 2.43. The highest BCUT2D eigenvalue weighted by molar-refractivity contribution is 6.45. The van der Waals surface area contributed by atoms with Gasteiger partial charge in [-0.25, -0.2) is 8.78 Å². The number of nitrogens with one attached hydrogen (secondary N) is 1. The van der Waals surface area contributed by atoms with Crippen molar-refractivity contribution >= 4 is 7.05 Å². The normalized spacial score (nSPS) is 16.2. The zero-order chi connectivity index (χ0) is 18.8. The topological polar surface area (TPSA) is 68.5 Å². The molecule has 1 aliphatic heterocycles. The molecule has 6 nitrogen and oxygen atoms in total. The van der Waals surface area contributed by atoms with E-state index in [1.165, 1.54) is 12.1 Å². The van der Waals surface area contributed by atoms with Gasteiger partial charge in [0.1, 0.15) is 11.6 Å².